The summed E-state index contributed by atoms with van der Waals surface area (Å²) in [5.74, 6) is 0. The SMILES string of the molecule is Cc1[nH]c2ccccc2c1[C@@H](N)c1ccsc1.Cl. The third-order valence-electron chi connectivity index (χ3n) is 3.16. The molecule has 0 unspecified atom stereocenters. The van der Waals surface area contributed by atoms with Crippen molar-refractivity contribution >= 4 is 34.6 Å². The predicted molar refractivity (Wildman–Crippen MR) is 80.6 cm³/mol. The van der Waals surface area contributed by atoms with Crippen LogP contribution < -0.4 is 5.73 Å². The van der Waals surface area contributed by atoms with Crippen LogP contribution in [0.1, 0.15) is 22.9 Å². The normalized spacial score (nSPS) is 12.3. The van der Waals surface area contributed by atoms with E-state index in [1.54, 1.807) is 11.3 Å². The Labute approximate surface area is 116 Å². The van der Waals surface area contributed by atoms with E-state index < -0.39 is 0 Å². The Kier molecular flexibility index (Phi) is 3.76. The Morgan fingerprint density at radius 2 is 2.00 bits per heavy atom. The molecule has 3 rings (SSSR count). The number of nitrogens with one attached hydrogen (secondary N) is 1. The van der Waals surface area contributed by atoms with Crippen LogP contribution in [-0.4, -0.2) is 4.98 Å². The van der Waals surface area contributed by atoms with Gasteiger partial charge in [-0.3, -0.25) is 0 Å². The van der Waals surface area contributed by atoms with E-state index in [9.17, 15) is 0 Å². The van der Waals surface area contributed by atoms with E-state index in [4.69, 9.17) is 5.73 Å². The number of para-hydroxylation sites is 1. The summed E-state index contributed by atoms with van der Waals surface area (Å²) in [6.07, 6.45) is 0. The van der Waals surface area contributed by atoms with Crippen LogP contribution in [0.4, 0.5) is 0 Å². The highest BCUT2D eigenvalue weighted by Gasteiger charge is 2.16. The molecule has 0 aliphatic carbocycles. The third-order valence-corrected chi connectivity index (χ3v) is 3.86. The number of thiophene rings is 1. The van der Waals surface area contributed by atoms with Gasteiger partial charge in [0.25, 0.3) is 0 Å². The van der Waals surface area contributed by atoms with E-state index in [1.165, 1.54) is 16.5 Å². The van der Waals surface area contributed by atoms with Gasteiger partial charge in [-0.15, -0.1) is 12.4 Å². The largest absolute Gasteiger partial charge is 0.358 e. The average molecular weight is 279 g/mol. The maximum Gasteiger partial charge on any atom is 0.0583 e. The van der Waals surface area contributed by atoms with Gasteiger partial charge in [-0.05, 0) is 35.4 Å². The lowest BCUT2D eigenvalue weighted by molar-refractivity contribution is 0.873. The molecule has 0 spiro atoms. The first kappa shape index (κ1) is 13.1. The van der Waals surface area contributed by atoms with Gasteiger partial charge >= 0.3 is 0 Å². The molecule has 1 atom stereocenters. The number of nitrogens with two attached hydrogens (primary N) is 1. The second kappa shape index (κ2) is 5.14. The maximum absolute atomic E-state index is 6.36. The van der Waals surface area contributed by atoms with Crippen molar-refractivity contribution < 1.29 is 0 Å². The molecule has 0 radical (unpaired) electrons. The minimum atomic E-state index is -0.0441. The monoisotopic (exact) mass is 278 g/mol. The Bertz CT molecular complexity index is 643. The van der Waals surface area contributed by atoms with Crippen molar-refractivity contribution in [1.29, 1.82) is 0 Å². The molecule has 3 N–H and O–H groups in total. The molecule has 0 saturated heterocycles. The molecule has 0 bridgehead atoms. The van der Waals surface area contributed by atoms with Crippen LogP contribution in [0.2, 0.25) is 0 Å². The van der Waals surface area contributed by atoms with Crippen molar-refractivity contribution in [3.63, 3.8) is 0 Å². The molecule has 0 fully saturated rings. The standard InChI is InChI=1S/C14H14N2S.ClH/c1-9-13(14(15)10-6-7-17-8-10)11-4-2-3-5-12(11)16-9;/h2-8,14,16H,15H2,1H3;1H/t14-;/m0./s1. The number of rotatable bonds is 2. The van der Waals surface area contributed by atoms with Gasteiger partial charge in [-0.1, -0.05) is 18.2 Å². The zero-order valence-electron chi connectivity index (χ0n) is 10.0. The van der Waals surface area contributed by atoms with Crippen LogP contribution in [0.15, 0.2) is 41.1 Å². The molecule has 0 amide bonds. The van der Waals surface area contributed by atoms with Crippen LogP contribution in [0.3, 0.4) is 0 Å². The molecule has 3 aromatic rings. The van der Waals surface area contributed by atoms with E-state index in [2.05, 4.69) is 46.9 Å². The highest BCUT2D eigenvalue weighted by molar-refractivity contribution is 7.08. The van der Waals surface area contributed by atoms with Gasteiger partial charge in [0.05, 0.1) is 6.04 Å². The molecule has 2 nitrogen and oxygen atoms in total. The summed E-state index contributed by atoms with van der Waals surface area (Å²) >= 11 is 1.69. The van der Waals surface area contributed by atoms with E-state index in [-0.39, 0.29) is 18.4 Å². The average Bonchev–Trinajstić information content (AvgIpc) is 2.94. The van der Waals surface area contributed by atoms with Gasteiger partial charge in [-0.2, -0.15) is 11.3 Å². The van der Waals surface area contributed by atoms with Crippen LogP contribution in [0.25, 0.3) is 10.9 Å². The minimum Gasteiger partial charge on any atom is -0.358 e. The predicted octanol–water partition coefficient (Wildman–Crippen LogP) is 4.01. The fourth-order valence-electron chi connectivity index (χ4n) is 2.32. The number of aromatic nitrogens is 1. The quantitative estimate of drug-likeness (QED) is 0.731. The summed E-state index contributed by atoms with van der Waals surface area (Å²) in [5.41, 5.74) is 11.1. The van der Waals surface area contributed by atoms with Crippen LogP contribution in [0.5, 0.6) is 0 Å². The van der Waals surface area contributed by atoms with Gasteiger partial charge in [0, 0.05) is 22.2 Å². The number of aryl methyl sites for hydroxylation is 1. The fraction of sp³-hybridized carbons (Fsp3) is 0.143. The van der Waals surface area contributed by atoms with Gasteiger partial charge in [-0.25, -0.2) is 0 Å². The zero-order chi connectivity index (χ0) is 11.8. The summed E-state index contributed by atoms with van der Waals surface area (Å²) in [6, 6.07) is 10.4. The number of H-pyrrole nitrogens is 1. The lowest BCUT2D eigenvalue weighted by Gasteiger charge is -2.10. The van der Waals surface area contributed by atoms with E-state index >= 15 is 0 Å². The molecule has 18 heavy (non-hydrogen) atoms. The molecule has 94 valence electrons. The van der Waals surface area contributed by atoms with E-state index in [0.29, 0.717) is 0 Å². The number of benzene rings is 1. The topological polar surface area (TPSA) is 41.8 Å². The third kappa shape index (κ3) is 2.05. The fourth-order valence-corrected chi connectivity index (χ4v) is 3.01. The highest BCUT2D eigenvalue weighted by atomic mass is 35.5. The van der Waals surface area contributed by atoms with Gasteiger partial charge in [0.2, 0.25) is 0 Å². The number of halogens is 1. The molecule has 4 heteroatoms. The first-order chi connectivity index (χ1) is 8.27. The Morgan fingerprint density at radius 3 is 2.72 bits per heavy atom. The Balaban J connectivity index is 0.00000120. The molecule has 2 aromatic heterocycles. The summed E-state index contributed by atoms with van der Waals surface area (Å²) < 4.78 is 0. The molecule has 1 aromatic carbocycles. The minimum absolute atomic E-state index is 0. The molecule has 0 aliphatic rings. The number of hydrogen-bond donors (Lipinski definition) is 2. The lowest BCUT2D eigenvalue weighted by Crippen LogP contribution is -2.11. The molecule has 0 saturated carbocycles. The van der Waals surface area contributed by atoms with Crippen molar-refractivity contribution in [2.24, 2.45) is 5.73 Å². The van der Waals surface area contributed by atoms with Crippen molar-refractivity contribution in [1.82, 2.24) is 4.98 Å². The van der Waals surface area contributed by atoms with Crippen molar-refractivity contribution in [3.05, 3.63) is 57.9 Å². The van der Waals surface area contributed by atoms with E-state index in [0.717, 1.165) is 11.2 Å². The van der Waals surface area contributed by atoms with Crippen molar-refractivity contribution in [2.45, 2.75) is 13.0 Å². The van der Waals surface area contributed by atoms with Gasteiger partial charge in [0.1, 0.15) is 0 Å². The lowest BCUT2D eigenvalue weighted by atomic mass is 9.99. The zero-order valence-corrected chi connectivity index (χ0v) is 11.6. The first-order valence-corrected chi connectivity index (χ1v) is 6.56. The Hall–Kier alpha value is -1.29. The number of fused-ring (bicyclic) bond motifs is 1. The molecular weight excluding hydrogens is 264 g/mol. The number of aromatic amines is 1. The second-order valence-electron chi connectivity index (χ2n) is 4.24. The maximum atomic E-state index is 6.36. The van der Waals surface area contributed by atoms with Crippen molar-refractivity contribution in [2.75, 3.05) is 0 Å². The van der Waals surface area contributed by atoms with Gasteiger partial charge < -0.3 is 10.7 Å². The summed E-state index contributed by atoms with van der Waals surface area (Å²) in [5, 5.41) is 5.41. The molecular formula is C14H15ClN2S. The van der Waals surface area contributed by atoms with Crippen LogP contribution >= 0.6 is 23.7 Å². The van der Waals surface area contributed by atoms with Gasteiger partial charge in [0.15, 0.2) is 0 Å². The van der Waals surface area contributed by atoms with Crippen molar-refractivity contribution in [3.8, 4) is 0 Å². The summed E-state index contributed by atoms with van der Waals surface area (Å²) in [7, 11) is 0. The molecule has 2 heterocycles. The summed E-state index contributed by atoms with van der Waals surface area (Å²) in [4.78, 5) is 3.39. The van der Waals surface area contributed by atoms with Crippen LogP contribution in [-0.2, 0) is 0 Å². The first-order valence-electron chi connectivity index (χ1n) is 5.62. The van der Waals surface area contributed by atoms with E-state index in [1.807, 2.05) is 6.07 Å². The second-order valence-corrected chi connectivity index (χ2v) is 5.02. The summed E-state index contributed by atoms with van der Waals surface area (Å²) in [6.45, 7) is 2.08. The Morgan fingerprint density at radius 1 is 1.22 bits per heavy atom. The van der Waals surface area contributed by atoms with Crippen LogP contribution in [0, 0.1) is 6.92 Å². The highest BCUT2D eigenvalue weighted by Crippen LogP contribution is 2.30. The number of hydrogen-bond acceptors (Lipinski definition) is 2. The molecule has 0 aliphatic heterocycles. The smallest absolute Gasteiger partial charge is 0.0583 e.